The zero-order chi connectivity index (χ0) is 19.5. The summed E-state index contributed by atoms with van der Waals surface area (Å²) in [5.74, 6) is -0.0336. The lowest BCUT2D eigenvalue weighted by Gasteiger charge is -2.28. The van der Waals surface area contributed by atoms with Crippen LogP contribution in [-0.2, 0) is 14.8 Å². The molecule has 0 spiro atoms. The molecule has 0 heterocycles. The van der Waals surface area contributed by atoms with Crippen LogP contribution in [-0.4, -0.2) is 33.7 Å². The fourth-order valence-corrected chi connectivity index (χ4v) is 3.99. The smallest absolute Gasteiger partial charge is 0.247 e. The zero-order valence-electron chi connectivity index (χ0n) is 15.0. The van der Waals surface area contributed by atoms with Gasteiger partial charge >= 0.3 is 0 Å². The van der Waals surface area contributed by atoms with Gasteiger partial charge in [0.05, 0.1) is 24.1 Å². The average Bonchev–Trinajstić information content (AvgIpc) is 2.53. The summed E-state index contributed by atoms with van der Waals surface area (Å²) in [6.07, 6.45) is 1.04. The molecular weight excluding hydrogens is 376 g/mol. The Hall–Kier alpha value is -2.25. The summed E-state index contributed by atoms with van der Waals surface area (Å²) in [7, 11) is -2.26. The number of aryl methyl sites for hydroxylation is 1. The molecule has 0 saturated carbocycles. The second kappa shape index (κ2) is 7.97. The molecule has 0 aliphatic rings. The van der Waals surface area contributed by atoms with Crippen LogP contribution in [0, 0.1) is 6.92 Å². The van der Waals surface area contributed by atoms with E-state index in [0.717, 1.165) is 16.1 Å². The molecule has 2 aromatic rings. The highest BCUT2D eigenvalue weighted by Crippen LogP contribution is 2.31. The van der Waals surface area contributed by atoms with Gasteiger partial charge in [0.1, 0.15) is 11.8 Å². The molecule has 2 rings (SSSR count). The average molecular weight is 397 g/mol. The van der Waals surface area contributed by atoms with E-state index in [1.165, 1.54) is 20.1 Å². The first-order valence-corrected chi connectivity index (χ1v) is 10.1. The minimum atomic E-state index is -3.73. The Morgan fingerprint density at radius 3 is 2.46 bits per heavy atom. The van der Waals surface area contributed by atoms with E-state index in [1.54, 1.807) is 24.3 Å². The number of halogens is 1. The third kappa shape index (κ3) is 4.68. The van der Waals surface area contributed by atoms with Crippen molar-refractivity contribution in [3.63, 3.8) is 0 Å². The number of hydrogen-bond acceptors (Lipinski definition) is 4. The van der Waals surface area contributed by atoms with E-state index in [2.05, 4.69) is 5.32 Å². The molecule has 0 fully saturated rings. The Morgan fingerprint density at radius 2 is 1.92 bits per heavy atom. The maximum atomic E-state index is 12.6. The van der Waals surface area contributed by atoms with Gasteiger partial charge in [0.2, 0.25) is 15.9 Å². The highest BCUT2D eigenvalue weighted by molar-refractivity contribution is 7.92. The van der Waals surface area contributed by atoms with E-state index in [9.17, 15) is 13.2 Å². The predicted molar refractivity (Wildman–Crippen MR) is 105 cm³/mol. The van der Waals surface area contributed by atoms with E-state index in [1.807, 2.05) is 19.1 Å². The van der Waals surface area contributed by atoms with Gasteiger partial charge in [-0.1, -0.05) is 23.7 Å². The number of ether oxygens (including phenoxy) is 1. The normalized spacial score (nSPS) is 12.3. The van der Waals surface area contributed by atoms with Crippen LogP contribution in [0.25, 0.3) is 0 Å². The van der Waals surface area contributed by atoms with Crippen molar-refractivity contribution in [2.75, 3.05) is 23.0 Å². The summed E-state index contributed by atoms with van der Waals surface area (Å²) in [5, 5.41) is 2.99. The minimum absolute atomic E-state index is 0.255. The Morgan fingerprint density at radius 1 is 1.23 bits per heavy atom. The number of anilines is 2. The second-order valence-corrected chi connectivity index (χ2v) is 8.18. The third-order valence-corrected chi connectivity index (χ3v) is 5.30. The molecule has 1 amide bonds. The highest BCUT2D eigenvalue weighted by atomic mass is 35.5. The lowest BCUT2D eigenvalue weighted by Crippen LogP contribution is -2.45. The molecule has 26 heavy (non-hydrogen) atoms. The van der Waals surface area contributed by atoms with Crippen molar-refractivity contribution in [3.8, 4) is 5.75 Å². The van der Waals surface area contributed by atoms with Crippen molar-refractivity contribution in [1.82, 2.24) is 0 Å². The van der Waals surface area contributed by atoms with Gasteiger partial charge in [-0.25, -0.2) is 8.42 Å². The van der Waals surface area contributed by atoms with Crippen LogP contribution in [0.3, 0.4) is 0 Å². The summed E-state index contributed by atoms with van der Waals surface area (Å²) in [5.41, 5.74) is 1.87. The number of amides is 1. The van der Waals surface area contributed by atoms with Gasteiger partial charge in [0.25, 0.3) is 0 Å². The number of rotatable bonds is 6. The zero-order valence-corrected chi connectivity index (χ0v) is 16.6. The van der Waals surface area contributed by atoms with Crippen LogP contribution < -0.4 is 14.4 Å². The summed E-state index contributed by atoms with van der Waals surface area (Å²) in [6, 6.07) is 10.8. The molecule has 0 bridgehead atoms. The summed E-state index contributed by atoms with van der Waals surface area (Å²) >= 11 is 6.11. The van der Waals surface area contributed by atoms with Gasteiger partial charge < -0.3 is 10.1 Å². The molecule has 0 aliphatic heterocycles. The fraction of sp³-hybridized carbons (Fsp3) is 0.278. The Balaban J connectivity index is 2.34. The molecule has 0 aromatic heterocycles. The van der Waals surface area contributed by atoms with Gasteiger partial charge in [-0.3, -0.25) is 9.10 Å². The Kier molecular flexibility index (Phi) is 6.15. The predicted octanol–water partition coefficient (Wildman–Crippen LogP) is 3.45. The maximum Gasteiger partial charge on any atom is 0.247 e. The number of carbonyl (C=O) groups excluding carboxylic acids is 1. The topological polar surface area (TPSA) is 75.7 Å². The van der Waals surface area contributed by atoms with E-state index < -0.39 is 22.0 Å². The van der Waals surface area contributed by atoms with Crippen molar-refractivity contribution < 1.29 is 17.9 Å². The molecule has 0 unspecified atom stereocenters. The number of benzene rings is 2. The molecular formula is C18H21ClN2O4S. The maximum absolute atomic E-state index is 12.6. The van der Waals surface area contributed by atoms with Gasteiger partial charge in [0, 0.05) is 5.69 Å². The molecule has 140 valence electrons. The van der Waals surface area contributed by atoms with Crippen LogP contribution in [0.1, 0.15) is 12.5 Å². The van der Waals surface area contributed by atoms with Gasteiger partial charge in [0.15, 0.2) is 0 Å². The monoisotopic (exact) mass is 396 g/mol. The quantitative estimate of drug-likeness (QED) is 0.811. The van der Waals surface area contributed by atoms with Crippen molar-refractivity contribution >= 4 is 38.9 Å². The van der Waals surface area contributed by atoms with Crippen LogP contribution in [0.5, 0.6) is 5.75 Å². The number of nitrogens with one attached hydrogen (secondary N) is 1. The van der Waals surface area contributed by atoms with Crippen molar-refractivity contribution in [1.29, 1.82) is 0 Å². The van der Waals surface area contributed by atoms with E-state index in [4.69, 9.17) is 16.3 Å². The van der Waals surface area contributed by atoms with E-state index >= 15 is 0 Å². The highest BCUT2D eigenvalue weighted by Gasteiger charge is 2.29. The summed E-state index contributed by atoms with van der Waals surface area (Å²) in [6.45, 7) is 3.42. The first kappa shape index (κ1) is 20.1. The fourth-order valence-electron chi connectivity index (χ4n) is 2.57. The van der Waals surface area contributed by atoms with Crippen molar-refractivity contribution in [3.05, 3.63) is 53.1 Å². The third-order valence-electron chi connectivity index (χ3n) is 3.76. The number of methoxy groups -OCH3 is 1. The molecule has 1 N–H and O–H groups in total. The number of nitrogens with zero attached hydrogens (tertiary/aromatic N) is 1. The van der Waals surface area contributed by atoms with Gasteiger partial charge in [-0.05, 0) is 49.7 Å². The van der Waals surface area contributed by atoms with Crippen molar-refractivity contribution in [2.45, 2.75) is 19.9 Å². The van der Waals surface area contributed by atoms with E-state index in [-0.39, 0.29) is 10.7 Å². The molecule has 0 saturated heterocycles. The molecule has 0 aliphatic carbocycles. The Bertz CT molecular complexity index is 915. The van der Waals surface area contributed by atoms with E-state index in [0.29, 0.717) is 11.4 Å². The first-order chi connectivity index (χ1) is 12.1. The molecule has 6 nitrogen and oxygen atoms in total. The second-order valence-electron chi connectivity index (χ2n) is 5.91. The van der Waals surface area contributed by atoms with Crippen molar-refractivity contribution in [2.24, 2.45) is 0 Å². The Labute approximate surface area is 158 Å². The standard InChI is InChI=1S/C18H21ClN2O4S/c1-12-6-5-7-14(10-12)20-18(22)13(2)21(26(4,23)24)15-8-9-17(25-3)16(19)11-15/h5-11,13H,1-4H3,(H,20,22)/t13-/m0/s1. The lowest BCUT2D eigenvalue weighted by molar-refractivity contribution is -0.116. The molecule has 8 heteroatoms. The number of carbonyl (C=O) groups is 1. The largest absolute Gasteiger partial charge is 0.495 e. The molecule has 2 aromatic carbocycles. The SMILES string of the molecule is COc1ccc(N([C@@H](C)C(=O)Nc2cccc(C)c2)S(C)(=O)=O)cc1Cl. The van der Waals surface area contributed by atoms with Crippen LogP contribution in [0.15, 0.2) is 42.5 Å². The number of sulfonamides is 1. The first-order valence-electron chi connectivity index (χ1n) is 7.84. The van der Waals surface area contributed by atoms with Crippen LogP contribution >= 0.6 is 11.6 Å². The van der Waals surface area contributed by atoms with Gasteiger partial charge in [-0.15, -0.1) is 0 Å². The molecule has 0 radical (unpaired) electrons. The summed E-state index contributed by atoms with van der Waals surface area (Å²) in [4.78, 5) is 12.6. The van der Waals surface area contributed by atoms with Crippen LogP contribution in [0.4, 0.5) is 11.4 Å². The number of hydrogen-bond donors (Lipinski definition) is 1. The lowest BCUT2D eigenvalue weighted by atomic mass is 10.2. The van der Waals surface area contributed by atoms with Gasteiger partial charge in [-0.2, -0.15) is 0 Å². The van der Waals surface area contributed by atoms with Crippen LogP contribution in [0.2, 0.25) is 5.02 Å². The molecule has 1 atom stereocenters. The minimum Gasteiger partial charge on any atom is -0.495 e. The summed E-state index contributed by atoms with van der Waals surface area (Å²) < 4.78 is 30.8.